The van der Waals surface area contributed by atoms with Crippen LogP contribution < -0.4 is 11.1 Å². The number of nitrogens with two attached hydrogens (primary N) is 1. The molecule has 21 heavy (non-hydrogen) atoms. The number of likely N-dealkylation sites (tertiary alicyclic amines) is 1. The zero-order chi connectivity index (χ0) is 14.1. The van der Waals surface area contributed by atoms with Gasteiger partial charge in [0.05, 0.1) is 12.2 Å². The van der Waals surface area contributed by atoms with Crippen LogP contribution >= 0.6 is 35.0 Å². The van der Waals surface area contributed by atoms with Gasteiger partial charge >= 0.3 is 0 Å². The lowest BCUT2D eigenvalue weighted by atomic mass is 9.98. The Labute approximate surface area is 145 Å². The third kappa shape index (κ3) is 3.88. The minimum atomic E-state index is 0. The lowest BCUT2D eigenvalue weighted by Gasteiger charge is -2.18. The maximum absolute atomic E-state index is 12.1. The molecule has 1 heterocycles. The van der Waals surface area contributed by atoms with Gasteiger partial charge < -0.3 is 11.1 Å². The van der Waals surface area contributed by atoms with Crippen LogP contribution in [0, 0.1) is 15.4 Å². The largest absolute Gasteiger partial charge is 0.327 e. The van der Waals surface area contributed by atoms with E-state index in [4.69, 9.17) is 5.73 Å². The van der Waals surface area contributed by atoms with Gasteiger partial charge in [-0.15, -0.1) is 12.4 Å². The smallest absolute Gasteiger partial charge is 0.238 e. The molecule has 2 aliphatic rings. The average molecular weight is 422 g/mol. The molecule has 4 nitrogen and oxygen atoms in total. The zero-order valence-corrected chi connectivity index (χ0v) is 14.8. The first-order valence-electron chi connectivity index (χ1n) is 7.16. The summed E-state index contributed by atoms with van der Waals surface area (Å²) in [6, 6.07) is 8.18. The van der Waals surface area contributed by atoms with Gasteiger partial charge in [0.1, 0.15) is 0 Å². The number of hydrogen-bond acceptors (Lipinski definition) is 3. The first-order valence-corrected chi connectivity index (χ1v) is 8.23. The second-order valence-electron chi connectivity index (χ2n) is 5.89. The topological polar surface area (TPSA) is 58.4 Å². The van der Waals surface area contributed by atoms with Gasteiger partial charge in [-0.25, -0.2) is 0 Å². The van der Waals surface area contributed by atoms with E-state index in [9.17, 15) is 4.79 Å². The summed E-state index contributed by atoms with van der Waals surface area (Å²) >= 11 is 2.24. The summed E-state index contributed by atoms with van der Waals surface area (Å²) in [5.74, 6) is 1.37. The van der Waals surface area contributed by atoms with E-state index in [1.165, 1.54) is 6.42 Å². The fraction of sp³-hybridized carbons (Fsp3) is 0.533. The molecule has 0 bridgehead atoms. The molecule has 2 fully saturated rings. The highest BCUT2D eigenvalue weighted by Gasteiger charge is 2.41. The van der Waals surface area contributed by atoms with Crippen molar-refractivity contribution in [3.63, 3.8) is 0 Å². The number of para-hydroxylation sites is 1. The summed E-state index contributed by atoms with van der Waals surface area (Å²) in [6.45, 7) is 2.48. The van der Waals surface area contributed by atoms with Gasteiger partial charge in [0, 0.05) is 22.7 Å². The fourth-order valence-electron chi connectivity index (χ4n) is 3.48. The van der Waals surface area contributed by atoms with Crippen LogP contribution in [-0.4, -0.2) is 36.5 Å². The number of rotatable bonds is 3. The Hall–Kier alpha value is -0.370. The van der Waals surface area contributed by atoms with Crippen LogP contribution in [0.25, 0.3) is 0 Å². The fourth-order valence-corrected chi connectivity index (χ4v) is 4.01. The van der Waals surface area contributed by atoms with Crippen molar-refractivity contribution in [3.05, 3.63) is 27.8 Å². The summed E-state index contributed by atoms with van der Waals surface area (Å²) in [6.07, 6.45) is 2.37. The van der Waals surface area contributed by atoms with E-state index >= 15 is 0 Å². The molecular weight excluding hydrogens is 401 g/mol. The summed E-state index contributed by atoms with van der Waals surface area (Å²) in [7, 11) is 0. The number of fused-ring (bicyclic) bond motifs is 1. The van der Waals surface area contributed by atoms with E-state index in [2.05, 4.69) is 32.8 Å². The van der Waals surface area contributed by atoms with Crippen LogP contribution in [0.1, 0.15) is 12.8 Å². The number of amides is 1. The van der Waals surface area contributed by atoms with Gasteiger partial charge in [-0.3, -0.25) is 9.69 Å². The highest BCUT2D eigenvalue weighted by Crippen LogP contribution is 2.36. The van der Waals surface area contributed by atoms with Crippen molar-refractivity contribution in [2.45, 2.75) is 18.9 Å². The Morgan fingerprint density at radius 3 is 2.81 bits per heavy atom. The van der Waals surface area contributed by atoms with Crippen LogP contribution in [-0.2, 0) is 4.79 Å². The summed E-state index contributed by atoms with van der Waals surface area (Å²) in [4.78, 5) is 14.4. The highest BCUT2D eigenvalue weighted by atomic mass is 127. The molecule has 3 rings (SSSR count). The Kier molecular flexibility index (Phi) is 5.88. The number of halogens is 2. The van der Waals surface area contributed by atoms with Crippen molar-refractivity contribution < 1.29 is 4.79 Å². The first kappa shape index (κ1) is 17.0. The van der Waals surface area contributed by atoms with Crippen LogP contribution in [0.3, 0.4) is 0 Å². The van der Waals surface area contributed by atoms with Crippen LogP contribution in [0.4, 0.5) is 5.69 Å². The molecule has 3 N–H and O–H groups in total. The minimum Gasteiger partial charge on any atom is -0.327 e. The molecule has 1 saturated carbocycles. The van der Waals surface area contributed by atoms with Crippen molar-refractivity contribution in [1.82, 2.24) is 4.90 Å². The number of benzene rings is 1. The normalized spacial score (nSPS) is 28.0. The Balaban J connectivity index is 0.00000161. The monoisotopic (exact) mass is 421 g/mol. The first-order chi connectivity index (χ1) is 9.63. The molecule has 3 atom stereocenters. The molecule has 1 amide bonds. The highest BCUT2D eigenvalue weighted by molar-refractivity contribution is 14.1. The molecule has 0 radical (unpaired) electrons. The van der Waals surface area contributed by atoms with E-state index < -0.39 is 0 Å². The Morgan fingerprint density at radius 2 is 2.10 bits per heavy atom. The van der Waals surface area contributed by atoms with Crippen molar-refractivity contribution in [1.29, 1.82) is 0 Å². The number of hydrogen-bond donors (Lipinski definition) is 2. The number of carbonyl (C=O) groups is 1. The lowest BCUT2D eigenvalue weighted by Crippen LogP contribution is -2.34. The van der Waals surface area contributed by atoms with Crippen LogP contribution in [0.15, 0.2) is 24.3 Å². The predicted octanol–water partition coefficient (Wildman–Crippen LogP) is 2.32. The van der Waals surface area contributed by atoms with Gasteiger partial charge in [0.15, 0.2) is 0 Å². The molecule has 1 aliphatic heterocycles. The molecule has 0 spiro atoms. The third-order valence-corrected chi connectivity index (χ3v) is 5.44. The van der Waals surface area contributed by atoms with E-state index in [0.29, 0.717) is 24.4 Å². The second-order valence-corrected chi connectivity index (χ2v) is 7.05. The molecule has 116 valence electrons. The maximum Gasteiger partial charge on any atom is 0.238 e. The molecular formula is C15H21ClIN3O. The Morgan fingerprint density at radius 1 is 1.33 bits per heavy atom. The average Bonchev–Trinajstić information content (AvgIpc) is 2.95. The molecule has 1 aliphatic carbocycles. The van der Waals surface area contributed by atoms with Gasteiger partial charge in [-0.1, -0.05) is 12.1 Å². The standard InChI is InChI=1S/C15H20IN3O.ClH/c16-12-3-1-2-4-14(12)18-15(20)9-19-7-10-5-6-13(17)11(10)8-19;/h1-4,10-11,13H,5-9,17H2,(H,18,20);1H. The molecule has 1 aromatic carbocycles. The van der Waals surface area contributed by atoms with Gasteiger partial charge in [0.25, 0.3) is 0 Å². The van der Waals surface area contributed by atoms with Gasteiger partial charge in [-0.2, -0.15) is 0 Å². The summed E-state index contributed by atoms with van der Waals surface area (Å²) < 4.78 is 1.07. The Bertz CT molecular complexity index is 513. The van der Waals surface area contributed by atoms with Crippen molar-refractivity contribution in [2.75, 3.05) is 25.0 Å². The zero-order valence-electron chi connectivity index (χ0n) is 11.8. The molecule has 1 saturated heterocycles. The van der Waals surface area contributed by atoms with Crippen molar-refractivity contribution in [3.8, 4) is 0 Å². The van der Waals surface area contributed by atoms with Crippen LogP contribution in [0.5, 0.6) is 0 Å². The number of nitrogens with zero attached hydrogens (tertiary/aromatic N) is 1. The van der Waals surface area contributed by atoms with Crippen molar-refractivity contribution >= 4 is 46.6 Å². The maximum atomic E-state index is 12.1. The van der Waals surface area contributed by atoms with Crippen LogP contribution in [0.2, 0.25) is 0 Å². The van der Waals surface area contributed by atoms with Gasteiger partial charge in [-0.05, 0) is 59.4 Å². The molecule has 1 aromatic rings. The van der Waals surface area contributed by atoms with Gasteiger partial charge in [0.2, 0.25) is 5.91 Å². The minimum absolute atomic E-state index is 0. The summed E-state index contributed by atoms with van der Waals surface area (Å²) in [5, 5.41) is 2.99. The second kappa shape index (κ2) is 7.26. The SMILES string of the molecule is Cl.NC1CCC2CN(CC(=O)Nc3ccccc3I)CC12. The van der Waals surface area contributed by atoms with Crippen molar-refractivity contribution in [2.24, 2.45) is 17.6 Å². The lowest BCUT2D eigenvalue weighted by molar-refractivity contribution is -0.117. The van der Waals surface area contributed by atoms with E-state index in [1.54, 1.807) is 0 Å². The van der Waals surface area contributed by atoms with E-state index in [-0.39, 0.29) is 18.3 Å². The molecule has 0 aromatic heterocycles. The number of anilines is 1. The number of nitrogens with one attached hydrogen (secondary N) is 1. The van der Waals surface area contributed by atoms with E-state index in [1.807, 2.05) is 24.3 Å². The van der Waals surface area contributed by atoms with E-state index in [0.717, 1.165) is 28.8 Å². The number of carbonyl (C=O) groups excluding carboxylic acids is 1. The quantitative estimate of drug-likeness (QED) is 0.737. The molecule has 3 unspecified atom stereocenters. The third-order valence-electron chi connectivity index (χ3n) is 4.50. The molecule has 6 heteroatoms. The predicted molar refractivity (Wildman–Crippen MR) is 95.7 cm³/mol. The summed E-state index contributed by atoms with van der Waals surface area (Å²) in [5.41, 5.74) is 7.03.